The summed E-state index contributed by atoms with van der Waals surface area (Å²) in [5.74, 6) is 0.591. The zero-order valence-corrected chi connectivity index (χ0v) is 11.4. The zero-order chi connectivity index (χ0) is 14.5. The number of anilines is 2. The summed E-state index contributed by atoms with van der Waals surface area (Å²) in [6.07, 6.45) is 4.21. The topological polar surface area (TPSA) is 117 Å². The largest absolute Gasteiger partial charge is 0.506 e. The van der Waals surface area contributed by atoms with Gasteiger partial charge in [0.1, 0.15) is 16.8 Å². The molecular weight excluding hydrogens is 258 g/mol. The number of fused-ring (bicyclic) bond motifs is 1. The summed E-state index contributed by atoms with van der Waals surface area (Å²) in [5, 5.41) is 22.0. The number of aromatic nitrogens is 3. The molecule has 0 bridgehead atoms. The van der Waals surface area contributed by atoms with E-state index in [4.69, 9.17) is 5.73 Å². The fourth-order valence-corrected chi connectivity index (χ4v) is 1.98. The van der Waals surface area contributed by atoms with E-state index < -0.39 is 0 Å². The highest BCUT2D eigenvalue weighted by Gasteiger charge is 2.13. The first-order chi connectivity index (χ1) is 9.63. The van der Waals surface area contributed by atoms with E-state index in [0.717, 1.165) is 19.3 Å². The van der Waals surface area contributed by atoms with Gasteiger partial charge in [0.15, 0.2) is 5.82 Å². The molecule has 7 nitrogen and oxygen atoms in total. The summed E-state index contributed by atoms with van der Waals surface area (Å²) < 4.78 is 0. The highest BCUT2D eigenvalue weighted by molar-refractivity contribution is 5.86. The van der Waals surface area contributed by atoms with E-state index in [-0.39, 0.29) is 24.3 Å². The number of nitrogen functional groups attached to an aromatic ring is 1. The monoisotopic (exact) mass is 277 g/mol. The van der Waals surface area contributed by atoms with E-state index >= 15 is 0 Å². The number of hydrogen-bond donors (Lipinski definition) is 4. The molecule has 0 amide bonds. The Bertz CT molecular complexity index is 585. The van der Waals surface area contributed by atoms with Gasteiger partial charge >= 0.3 is 0 Å². The minimum atomic E-state index is -0.108. The number of rotatable bonds is 6. The standard InChI is InChI=1S/C13H19N5O2/c1-2-3-4-8(7-19)16-12-11-10(17-13(14)18-12)5-9(20)6-15-11/h5-6,8,19-20H,2-4,7H2,1H3,(H3,14,16,17,18). The third-order valence-corrected chi connectivity index (χ3v) is 3.01. The van der Waals surface area contributed by atoms with E-state index in [1.807, 2.05) is 0 Å². The van der Waals surface area contributed by atoms with Crippen LogP contribution in [0.4, 0.5) is 11.8 Å². The van der Waals surface area contributed by atoms with Gasteiger partial charge < -0.3 is 21.3 Å². The number of aliphatic hydroxyl groups excluding tert-OH is 1. The van der Waals surface area contributed by atoms with Crippen molar-refractivity contribution in [2.75, 3.05) is 17.7 Å². The van der Waals surface area contributed by atoms with Crippen molar-refractivity contribution in [1.82, 2.24) is 15.0 Å². The van der Waals surface area contributed by atoms with E-state index in [0.29, 0.717) is 16.9 Å². The first kappa shape index (κ1) is 14.3. The number of aromatic hydroxyl groups is 1. The molecule has 2 heterocycles. The molecule has 7 heteroatoms. The molecule has 108 valence electrons. The molecule has 5 N–H and O–H groups in total. The summed E-state index contributed by atoms with van der Waals surface area (Å²) in [7, 11) is 0. The van der Waals surface area contributed by atoms with Gasteiger partial charge in [-0.15, -0.1) is 0 Å². The summed E-state index contributed by atoms with van der Waals surface area (Å²) in [6.45, 7) is 2.10. The first-order valence-corrected chi connectivity index (χ1v) is 6.63. The molecule has 1 atom stereocenters. The molecule has 0 aliphatic carbocycles. The van der Waals surface area contributed by atoms with Crippen molar-refractivity contribution < 1.29 is 10.2 Å². The summed E-state index contributed by atoms with van der Waals surface area (Å²) >= 11 is 0. The molecule has 0 radical (unpaired) electrons. The lowest BCUT2D eigenvalue weighted by atomic mass is 10.1. The molecule has 0 aliphatic heterocycles. The predicted octanol–water partition coefficient (Wildman–Crippen LogP) is 1.28. The first-order valence-electron chi connectivity index (χ1n) is 6.63. The smallest absolute Gasteiger partial charge is 0.222 e. The SMILES string of the molecule is CCCCC(CO)Nc1nc(N)nc2cc(O)cnc12. The minimum Gasteiger partial charge on any atom is -0.506 e. The van der Waals surface area contributed by atoms with Gasteiger partial charge in [0, 0.05) is 6.07 Å². The second kappa shape index (κ2) is 6.33. The molecular formula is C13H19N5O2. The van der Waals surface area contributed by atoms with Gasteiger partial charge in [-0.3, -0.25) is 0 Å². The minimum absolute atomic E-state index is 0.00346. The van der Waals surface area contributed by atoms with Crippen LogP contribution in [-0.2, 0) is 0 Å². The molecule has 2 aromatic rings. The van der Waals surface area contributed by atoms with Crippen LogP contribution in [0.3, 0.4) is 0 Å². The van der Waals surface area contributed by atoms with Crippen molar-refractivity contribution in [2.45, 2.75) is 32.2 Å². The predicted molar refractivity (Wildman–Crippen MR) is 77.4 cm³/mol. The number of pyridine rings is 1. The van der Waals surface area contributed by atoms with Gasteiger partial charge in [-0.25, -0.2) is 9.97 Å². The van der Waals surface area contributed by atoms with Crippen molar-refractivity contribution >= 4 is 22.8 Å². The van der Waals surface area contributed by atoms with Crippen molar-refractivity contribution in [3.8, 4) is 5.75 Å². The van der Waals surface area contributed by atoms with Crippen LogP contribution in [0.5, 0.6) is 5.75 Å². The van der Waals surface area contributed by atoms with Gasteiger partial charge in [0.05, 0.1) is 18.8 Å². The Hall–Kier alpha value is -2.15. The molecule has 20 heavy (non-hydrogen) atoms. The number of aliphatic hydroxyl groups is 1. The third-order valence-electron chi connectivity index (χ3n) is 3.01. The second-order valence-electron chi connectivity index (χ2n) is 4.66. The Morgan fingerprint density at radius 2 is 2.20 bits per heavy atom. The van der Waals surface area contributed by atoms with E-state index in [1.54, 1.807) is 0 Å². The lowest BCUT2D eigenvalue weighted by molar-refractivity contribution is 0.267. The molecule has 0 saturated heterocycles. The van der Waals surface area contributed by atoms with Gasteiger partial charge in [0.2, 0.25) is 5.95 Å². The van der Waals surface area contributed by atoms with Crippen molar-refractivity contribution in [3.63, 3.8) is 0 Å². The second-order valence-corrected chi connectivity index (χ2v) is 4.66. The van der Waals surface area contributed by atoms with Gasteiger partial charge in [-0.05, 0) is 6.42 Å². The summed E-state index contributed by atoms with van der Waals surface area (Å²) in [5.41, 5.74) is 6.64. The normalized spacial score (nSPS) is 12.5. The fraction of sp³-hybridized carbons (Fsp3) is 0.462. The Balaban J connectivity index is 2.32. The zero-order valence-electron chi connectivity index (χ0n) is 11.4. The van der Waals surface area contributed by atoms with Gasteiger partial charge in [0.25, 0.3) is 0 Å². The van der Waals surface area contributed by atoms with Crippen LogP contribution < -0.4 is 11.1 Å². The summed E-state index contributed by atoms with van der Waals surface area (Å²) in [6, 6.07) is 1.37. The fourth-order valence-electron chi connectivity index (χ4n) is 1.98. The van der Waals surface area contributed by atoms with Crippen LogP contribution in [-0.4, -0.2) is 37.8 Å². The van der Waals surface area contributed by atoms with Crippen LogP contribution in [0.1, 0.15) is 26.2 Å². The number of nitrogens with zero attached hydrogens (tertiary/aromatic N) is 3. The average molecular weight is 277 g/mol. The maximum absolute atomic E-state index is 9.43. The lowest BCUT2D eigenvalue weighted by Crippen LogP contribution is -2.24. The van der Waals surface area contributed by atoms with Crippen LogP contribution in [0, 0.1) is 0 Å². The van der Waals surface area contributed by atoms with E-state index in [1.165, 1.54) is 12.3 Å². The molecule has 1 unspecified atom stereocenters. The average Bonchev–Trinajstić information content (AvgIpc) is 2.42. The molecule has 2 rings (SSSR count). The van der Waals surface area contributed by atoms with Crippen molar-refractivity contribution in [1.29, 1.82) is 0 Å². The summed E-state index contributed by atoms with van der Waals surface area (Å²) in [4.78, 5) is 12.3. The maximum Gasteiger partial charge on any atom is 0.222 e. The molecule has 0 aliphatic rings. The number of hydrogen-bond acceptors (Lipinski definition) is 7. The third kappa shape index (κ3) is 3.24. The Kier molecular flexibility index (Phi) is 4.52. The Morgan fingerprint density at radius 3 is 2.90 bits per heavy atom. The van der Waals surface area contributed by atoms with E-state index in [9.17, 15) is 10.2 Å². The molecule has 0 fully saturated rings. The molecule has 2 aromatic heterocycles. The van der Waals surface area contributed by atoms with Crippen LogP contribution in [0.25, 0.3) is 11.0 Å². The molecule has 0 aromatic carbocycles. The maximum atomic E-state index is 9.43. The van der Waals surface area contributed by atoms with E-state index in [2.05, 4.69) is 27.2 Å². The van der Waals surface area contributed by atoms with Gasteiger partial charge in [-0.2, -0.15) is 4.98 Å². The number of nitrogens with one attached hydrogen (secondary N) is 1. The van der Waals surface area contributed by atoms with Crippen LogP contribution >= 0.6 is 0 Å². The van der Waals surface area contributed by atoms with Gasteiger partial charge in [-0.1, -0.05) is 19.8 Å². The number of unbranched alkanes of at least 4 members (excludes halogenated alkanes) is 1. The highest BCUT2D eigenvalue weighted by atomic mass is 16.3. The Morgan fingerprint density at radius 1 is 1.40 bits per heavy atom. The van der Waals surface area contributed by atoms with Crippen LogP contribution in [0.2, 0.25) is 0 Å². The lowest BCUT2D eigenvalue weighted by Gasteiger charge is -2.17. The van der Waals surface area contributed by atoms with Crippen molar-refractivity contribution in [3.05, 3.63) is 12.3 Å². The molecule has 0 saturated carbocycles. The Labute approximate surface area is 116 Å². The highest BCUT2D eigenvalue weighted by Crippen LogP contribution is 2.23. The van der Waals surface area contributed by atoms with Crippen LogP contribution in [0.15, 0.2) is 12.3 Å². The number of nitrogens with two attached hydrogens (primary N) is 1. The quantitative estimate of drug-likeness (QED) is 0.628. The molecule has 0 spiro atoms. The van der Waals surface area contributed by atoms with Crippen molar-refractivity contribution in [2.24, 2.45) is 0 Å².